The van der Waals surface area contributed by atoms with E-state index in [1.165, 1.54) is 27.8 Å². The fourth-order valence-electron chi connectivity index (χ4n) is 3.05. The van der Waals surface area contributed by atoms with Crippen molar-refractivity contribution in [1.82, 2.24) is 15.3 Å². The molecule has 1 aromatic carbocycles. The van der Waals surface area contributed by atoms with E-state index in [1.807, 2.05) is 25.1 Å². The van der Waals surface area contributed by atoms with Crippen LogP contribution in [0.15, 0.2) is 41.7 Å². The maximum Gasteiger partial charge on any atom is 0.233 e. The molecular weight excluding hydrogens is 374 g/mol. The molecule has 0 unspecified atom stereocenters. The van der Waals surface area contributed by atoms with Crippen LogP contribution in [0, 0.1) is 13.8 Å². The Bertz CT molecular complexity index is 924. The highest BCUT2D eigenvalue weighted by Gasteiger charge is 2.20. The van der Waals surface area contributed by atoms with E-state index < -0.39 is 0 Å². The zero-order valence-electron chi connectivity index (χ0n) is 16.2. The molecule has 0 aliphatic carbocycles. The summed E-state index contributed by atoms with van der Waals surface area (Å²) in [4.78, 5) is 23.7. The van der Waals surface area contributed by atoms with Crippen LogP contribution >= 0.6 is 23.1 Å². The van der Waals surface area contributed by atoms with Crippen LogP contribution in [-0.2, 0) is 4.79 Å². The highest BCUT2D eigenvalue weighted by molar-refractivity contribution is 8.00. The number of benzene rings is 1. The van der Waals surface area contributed by atoms with Gasteiger partial charge in [-0.2, -0.15) is 0 Å². The van der Waals surface area contributed by atoms with E-state index in [-0.39, 0.29) is 11.2 Å². The van der Waals surface area contributed by atoms with Crippen molar-refractivity contribution >= 4 is 39.2 Å². The molecular formula is C21H25N3OS2. The van der Waals surface area contributed by atoms with Gasteiger partial charge in [-0.05, 0) is 38.3 Å². The first-order chi connectivity index (χ1) is 13.0. The third-order valence-electron chi connectivity index (χ3n) is 4.87. The summed E-state index contributed by atoms with van der Waals surface area (Å²) in [6, 6.07) is 10.4. The molecule has 0 fully saturated rings. The normalized spacial score (nSPS) is 13.5. The number of hydrogen-bond donors (Lipinski definition) is 1. The Balaban J connectivity index is 1.66. The smallest absolute Gasteiger partial charge is 0.233 e. The minimum Gasteiger partial charge on any atom is -0.355 e. The molecule has 2 heterocycles. The van der Waals surface area contributed by atoms with Crippen molar-refractivity contribution in [3.63, 3.8) is 0 Å². The predicted molar refractivity (Wildman–Crippen MR) is 115 cm³/mol. The number of rotatable bonds is 7. The minimum atomic E-state index is -0.212. The molecule has 1 N–H and O–H groups in total. The average Bonchev–Trinajstić information content (AvgIpc) is 2.97. The maximum atomic E-state index is 12.7. The van der Waals surface area contributed by atoms with Crippen LogP contribution in [0.4, 0.5) is 0 Å². The molecule has 1 amide bonds. The first-order valence-corrected chi connectivity index (χ1v) is 10.9. The highest BCUT2D eigenvalue weighted by Crippen LogP contribution is 2.35. The van der Waals surface area contributed by atoms with E-state index in [0.29, 0.717) is 12.5 Å². The second-order valence-electron chi connectivity index (χ2n) is 6.66. The summed E-state index contributed by atoms with van der Waals surface area (Å²) in [5, 5.41) is 4.88. The van der Waals surface area contributed by atoms with E-state index in [0.717, 1.165) is 21.7 Å². The van der Waals surface area contributed by atoms with Gasteiger partial charge < -0.3 is 5.32 Å². The number of fused-ring (bicyclic) bond motifs is 1. The van der Waals surface area contributed by atoms with Gasteiger partial charge in [-0.25, -0.2) is 9.97 Å². The summed E-state index contributed by atoms with van der Waals surface area (Å²) in [5.74, 6) is 0.380. The summed E-state index contributed by atoms with van der Waals surface area (Å²) in [7, 11) is 0. The number of hydrogen-bond acceptors (Lipinski definition) is 5. The molecule has 3 rings (SSSR count). The Hall–Kier alpha value is -1.92. The van der Waals surface area contributed by atoms with E-state index in [1.54, 1.807) is 17.7 Å². The van der Waals surface area contributed by atoms with Gasteiger partial charge in [0, 0.05) is 22.7 Å². The van der Waals surface area contributed by atoms with Gasteiger partial charge >= 0.3 is 0 Å². The fraction of sp³-hybridized carbons (Fsp3) is 0.381. The number of aromatic nitrogens is 2. The number of thiophene rings is 1. The van der Waals surface area contributed by atoms with Crippen molar-refractivity contribution in [3.05, 3.63) is 52.7 Å². The summed E-state index contributed by atoms with van der Waals surface area (Å²) >= 11 is 3.19. The van der Waals surface area contributed by atoms with Gasteiger partial charge in [0.2, 0.25) is 5.91 Å². The highest BCUT2D eigenvalue weighted by atomic mass is 32.2. The molecule has 0 radical (unpaired) electrons. The van der Waals surface area contributed by atoms with Gasteiger partial charge in [0.25, 0.3) is 0 Å². The number of carbonyl (C=O) groups is 1. The molecule has 3 aromatic rings. The number of carbonyl (C=O) groups excluding carboxylic acids is 1. The average molecular weight is 400 g/mol. The summed E-state index contributed by atoms with van der Waals surface area (Å²) in [6.07, 6.45) is 2.58. The quantitative estimate of drug-likeness (QED) is 0.444. The van der Waals surface area contributed by atoms with Crippen molar-refractivity contribution in [2.45, 2.75) is 50.3 Å². The molecule has 27 heavy (non-hydrogen) atoms. The molecule has 0 saturated heterocycles. The summed E-state index contributed by atoms with van der Waals surface area (Å²) in [6.45, 7) is 8.94. The molecule has 0 bridgehead atoms. The van der Waals surface area contributed by atoms with Crippen LogP contribution < -0.4 is 5.32 Å². The van der Waals surface area contributed by atoms with Crippen molar-refractivity contribution in [2.24, 2.45) is 0 Å². The van der Waals surface area contributed by atoms with Crippen molar-refractivity contribution < 1.29 is 4.79 Å². The molecule has 2 atom stereocenters. The van der Waals surface area contributed by atoms with Crippen LogP contribution in [-0.4, -0.2) is 27.7 Å². The Kier molecular flexibility index (Phi) is 6.50. The third-order valence-corrected chi connectivity index (χ3v) is 7.09. The van der Waals surface area contributed by atoms with E-state index >= 15 is 0 Å². The maximum absolute atomic E-state index is 12.7. The number of nitrogens with zero attached hydrogens (tertiary/aromatic N) is 2. The van der Waals surface area contributed by atoms with Gasteiger partial charge in [0.15, 0.2) is 0 Å². The number of nitrogens with one attached hydrogen (secondary N) is 1. The van der Waals surface area contributed by atoms with Crippen molar-refractivity contribution in [1.29, 1.82) is 0 Å². The number of amides is 1. The molecule has 0 aliphatic rings. The summed E-state index contributed by atoms with van der Waals surface area (Å²) in [5.41, 5.74) is 2.48. The van der Waals surface area contributed by atoms with Crippen LogP contribution in [0.3, 0.4) is 0 Å². The lowest BCUT2D eigenvalue weighted by molar-refractivity contribution is -0.120. The Morgan fingerprint density at radius 3 is 2.67 bits per heavy atom. The molecule has 6 heteroatoms. The second kappa shape index (κ2) is 8.85. The SMILES string of the molecule is CC[C@@H](CNC(=O)[C@@H](C)Sc1ncnc2sc(C)c(C)c12)c1ccccc1. The van der Waals surface area contributed by atoms with Crippen LogP contribution in [0.2, 0.25) is 0 Å². The topological polar surface area (TPSA) is 54.9 Å². The van der Waals surface area contributed by atoms with Gasteiger partial charge in [0.1, 0.15) is 16.2 Å². The lowest BCUT2D eigenvalue weighted by atomic mass is 9.96. The van der Waals surface area contributed by atoms with Crippen LogP contribution in [0.1, 0.15) is 42.2 Å². The fourth-order valence-corrected chi connectivity index (χ4v) is 5.11. The second-order valence-corrected chi connectivity index (χ2v) is 9.20. The minimum absolute atomic E-state index is 0.0470. The van der Waals surface area contributed by atoms with Gasteiger partial charge in [-0.15, -0.1) is 11.3 Å². The Morgan fingerprint density at radius 2 is 1.96 bits per heavy atom. The molecule has 4 nitrogen and oxygen atoms in total. The zero-order chi connectivity index (χ0) is 19.4. The number of thioether (sulfide) groups is 1. The molecule has 0 spiro atoms. The monoisotopic (exact) mass is 399 g/mol. The van der Waals surface area contributed by atoms with Crippen molar-refractivity contribution in [3.8, 4) is 0 Å². The Labute approximate surface area is 168 Å². The van der Waals surface area contributed by atoms with E-state index in [4.69, 9.17) is 0 Å². The lowest BCUT2D eigenvalue weighted by Crippen LogP contribution is -2.34. The lowest BCUT2D eigenvalue weighted by Gasteiger charge is -2.18. The van der Waals surface area contributed by atoms with Gasteiger partial charge in [0.05, 0.1) is 5.25 Å². The summed E-state index contributed by atoms with van der Waals surface area (Å²) < 4.78 is 0. The van der Waals surface area contributed by atoms with E-state index in [2.05, 4.69) is 48.2 Å². The van der Waals surface area contributed by atoms with Gasteiger partial charge in [-0.3, -0.25) is 4.79 Å². The molecule has 0 saturated carbocycles. The molecule has 2 aromatic heterocycles. The molecule has 142 valence electrons. The largest absolute Gasteiger partial charge is 0.355 e. The predicted octanol–water partition coefficient (Wildman–Crippen LogP) is 5.10. The zero-order valence-corrected chi connectivity index (χ0v) is 17.8. The number of aryl methyl sites for hydroxylation is 2. The van der Waals surface area contributed by atoms with E-state index in [9.17, 15) is 4.79 Å². The van der Waals surface area contributed by atoms with Crippen LogP contribution in [0.5, 0.6) is 0 Å². The molecule has 0 aliphatic heterocycles. The van der Waals surface area contributed by atoms with Crippen molar-refractivity contribution in [2.75, 3.05) is 6.54 Å². The standard InChI is InChI=1S/C21H25N3OS2/c1-5-16(17-9-7-6-8-10-17)11-22-19(25)15(4)27-21-18-13(2)14(3)26-20(18)23-12-24-21/h6-10,12,15-16H,5,11H2,1-4H3,(H,22,25)/t15-,16+/m1/s1. The third kappa shape index (κ3) is 4.50. The van der Waals surface area contributed by atoms with Gasteiger partial charge in [-0.1, -0.05) is 49.0 Å². The van der Waals surface area contributed by atoms with Crippen LogP contribution in [0.25, 0.3) is 10.2 Å². The Morgan fingerprint density at radius 1 is 1.22 bits per heavy atom. The first kappa shape index (κ1) is 19.8. The first-order valence-electron chi connectivity index (χ1n) is 9.21.